The summed E-state index contributed by atoms with van der Waals surface area (Å²) in [6.07, 6.45) is 7.27. The summed E-state index contributed by atoms with van der Waals surface area (Å²) in [6, 6.07) is 2.02. The maximum absolute atomic E-state index is 5.82. The molecule has 0 saturated carbocycles. The minimum atomic E-state index is 0.333. The lowest BCUT2D eigenvalue weighted by Crippen LogP contribution is -2.14. The van der Waals surface area contributed by atoms with Crippen molar-refractivity contribution in [1.29, 1.82) is 0 Å². The quantitative estimate of drug-likeness (QED) is 0.775. The summed E-state index contributed by atoms with van der Waals surface area (Å²) in [6.45, 7) is 4.33. The predicted octanol–water partition coefficient (Wildman–Crippen LogP) is 3.64. The van der Waals surface area contributed by atoms with Gasteiger partial charge in [-0.25, -0.2) is 0 Å². The van der Waals surface area contributed by atoms with Crippen LogP contribution in [0.3, 0.4) is 0 Å². The van der Waals surface area contributed by atoms with Gasteiger partial charge in [0.05, 0.1) is 12.3 Å². The fourth-order valence-corrected chi connectivity index (χ4v) is 1.79. The largest absolute Gasteiger partial charge is 0.489 e. The van der Waals surface area contributed by atoms with Crippen molar-refractivity contribution < 1.29 is 4.74 Å². The van der Waals surface area contributed by atoms with Gasteiger partial charge in [0.15, 0.2) is 0 Å². The van der Waals surface area contributed by atoms with Crippen molar-refractivity contribution >= 4 is 22.6 Å². The number of hydrogen-bond donors (Lipinski definition) is 0. The van der Waals surface area contributed by atoms with Crippen molar-refractivity contribution in [1.82, 2.24) is 4.98 Å². The molecule has 0 unspecified atom stereocenters. The molecule has 3 heteroatoms. The number of pyridine rings is 1. The number of rotatable bonds is 5. The topological polar surface area (TPSA) is 22.1 Å². The van der Waals surface area contributed by atoms with Gasteiger partial charge in [-0.05, 0) is 41.5 Å². The Balaban J connectivity index is 2.57. The monoisotopic (exact) mass is 305 g/mol. The molecule has 14 heavy (non-hydrogen) atoms. The van der Waals surface area contributed by atoms with Crippen LogP contribution in [0.5, 0.6) is 5.75 Å². The van der Waals surface area contributed by atoms with Gasteiger partial charge in [-0.1, -0.05) is 20.3 Å². The van der Waals surface area contributed by atoms with E-state index in [0.29, 0.717) is 6.10 Å². The summed E-state index contributed by atoms with van der Waals surface area (Å²) >= 11 is 2.24. The van der Waals surface area contributed by atoms with E-state index >= 15 is 0 Å². The van der Waals surface area contributed by atoms with Crippen molar-refractivity contribution in [2.75, 3.05) is 0 Å². The van der Waals surface area contributed by atoms with Crippen molar-refractivity contribution in [2.24, 2.45) is 0 Å². The number of hydrogen-bond acceptors (Lipinski definition) is 2. The predicted molar refractivity (Wildman–Crippen MR) is 66.6 cm³/mol. The summed E-state index contributed by atoms with van der Waals surface area (Å²) in [4.78, 5) is 4.10. The number of nitrogens with zero attached hydrogens (tertiary/aromatic N) is 1. The smallest absolute Gasteiger partial charge is 0.139 e. The van der Waals surface area contributed by atoms with Gasteiger partial charge in [-0.15, -0.1) is 0 Å². The first-order valence-electron chi connectivity index (χ1n) is 5.03. The van der Waals surface area contributed by atoms with Gasteiger partial charge >= 0.3 is 0 Å². The summed E-state index contributed by atoms with van der Waals surface area (Å²) in [7, 11) is 0. The molecule has 0 amide bonds. The standard InChI is InChI=1S/C11H16INO/c1-3-5-10(4-2)14-11-6-9(12)7-13-8-11/h6-8,10H,3-5H2,1-2H3/t10-/m1/s1. The van der Waals surface area contributed by atoms with Crippen molar-refractivity contribution in [3.05, 3.63) is 22.0 Å². The highest BCUT2D eigenvalue weighted by Crippen LogP contribution is 2.17. The minimum Gasteiger partial charge on any atom is -0.489 e. The van der Waals surface area contributed by atoms with Crippen molar-refractivity contribution in [3.63, 3.8) is 0 Å². The third-order valence-corrected chi connectivity index (χ3v) is 2.64. The first kappa shape index (κ1) is 11.8. The van der Waals surface area contributed by atoms with Gasteiger partial charge in [-0.2, -0.15) is 0 Å². The SMILES string of the molecule is CCC[C@@H](CC)Oc1cncc(I)c1. The molecule has 1 aromatic rings. The second-order valence-electron chi connectivity index (χ2n) is 3.28. The molecule has 1 atom stereocenters. The van der Waals surface area contributed by atoms with Gasteiger partial charge in [0.1, 0.15) is 5.75 Å². The van der Waals surface area contributed by atoms with E-state index in [1.165, 1.54) is 0 Å². The molecule has 1 heterocycles. The van der Waals surface area contributed by atoms with Crippen LogP contribution in [-0.4, -0.2) is 11.1 Å². The van der Waals surface area contributed by atoms with Crippen LogP contribution < -0.4 is 4.74 Å². The van der Waals surface area contributed by atoms with Crippen molar-refractivity contribution in [3.8, 4) is 5.75 Å². The first-order valence-corrected chi connectivity index (χ1v) is 6.11. The van der Waals surface area contributed by atoms with Gasteiger partial charge in [0.25, 0.3) is 0 Å². The lowest BCUT2D eigenvalue weighted by Gasteiger charge is -2.16. The summed E-state index contributed by atoms with van der Waals surface area (Å²) in [5, 5.41) is 0. The Morgan fingerprint density at radius 3 is 2.79 bits per heavy atom. The molecule has 0 radical (unpaired) electrons. The molecule has 0 bridgehead atoms. The van der Waals surface area contributed by atoms with Crippen LogP contribution in [0.4, 0.5) is 0 Å². The van der Waals surface area contributed by atoms with Crippen LogP contribution >= 0.6 is 22.6 Å². The molecule has 0 N–H and O–H groups in total. The molecule has 0 fully saturated rings. The van der Waals surface area contributed by atoms with Gasteiger partial charge in [-0.3, -0.25) is 4.98 Å². The highest BCUT2D eigenvalue weighted by Gasteiger charge is 2.06. The number of halogens is 1. The fourth-order valence-electron chi connectivity index (χ4n) is 1.32. The molecule has 0 aliphatic rings. The Hall–Kier alpha value is -0.320. The maximum Gasteiger partial charge on any atom is 0.139 e. The van der Waals surface area contributed by atoms with E-state index in [0.717, 1.165) is 28.6 Å². The number of aromatic nitrogens is 1. The molecular weight excluding hydrogens is 289 g/mol. The molecule has 1 rings (SSSR count). The normalized spacial score (nSPS) is 12.5. The second-order valence-corrected chi connectivity index (χ2v) is 4.52. The third kappa shape index (κ3) is 3.82. The van der Waals surface area contributed by atoms with Crippen LogP contribution in [0, 0.1) is 3.57 Å². The lowest BCUT2D eigenvalue weighted by molar-refractivity contribution is 0.185. The van der Waals surface area contributed by atoms with Gasteiger partial charge in [0, 0.05) is 9.77 Å². The maximum atomic E-state index is 5.82. The van der Waals surface area contributed by atoms with E-state index in [1.54, 1.807) is 6.20 Å². The van der Waals surface area contributed by atoms with E-state index in [-0.39, 0.29) is 0 Å². The molecule has 0 aliphatic heterocycles. The zero-order chi connectivity index (χ0) is 10.4. The number of ether oxygens (including phenoxy) is 1. The van der Waals surface area contributed by atoms with Gasteiger partial charge < -0.3 is 4.74 Å². The molecule has 0 saturated heterocycles. The molecule has 0 aromatic carbocycles. The van der Waals surface area contributed by atoms with Crippen LogP contribution in [0.25, 0.3) is 0 Å². The molecule has 78 valence electrons. The van der Waals surface area contributed by atoms with Crippen LogP contribution in [0.15, 0.2) is 18.5 Å². The average Bonchev–Trinajstić information content (AvgIpc) is 2.17. The summed E-state index contributed by atoms with van der Waals surface area (Å²) < 4.78 is 6.93. The highest BCUT2D eigenvalue weighted by atomic mass is 127. The van der Waals surface area contributed by atoms with Crippen molar-refractivity contribution in [2.45, 2.75) is 39.2 Å². The Morgan fingerprint density at radius 2 is 2.21 bits per heavy atom. The minimum absolute atomic E-state index is 0.333. The molecule has 2 nitrogen and oxygen atoms in total. The molecule has 0 aliphatic carbocycles. The summed E-state index contributed by atoms with van der Waals surface area (Å²) in [5.74, 6) is 0.886. The fraction of sp³-hybridized carbons (Fsp3) is 0.545. The Kier molecular flexibility index (Phi) is 5.22. The van der Waals surface area contributed by atoms with E-state index in [4.69, 9.17) is 4.74 Å². The molecule has 0 spiro atoms. The zero-order valence-electron chi connectivity index (χ0n) is 8.66. The van der Waals surface area contributed by atoms with E-state index in [1.807, 2.05) is 12.3 Å². The zero-order valence-corrected chi connectivity index (χ0v) is 10.8. The van der Waals surface area contributed by atoms with Crippen LogP contribution in [-0.2, 0) is 0 Å². The van der Waals surface area contributed by atoms with E-state index < -0.39 is 0 Å². The summed E-state index contributed by atoms with van der Waals surface area (Å²) in [5.41, 5.74) is 0. The lowest BCUT2D eigenvalue weighted by atomic mass is 10.1. The first-order chi connectivity index (χ1) is 6.76. The Bertz CT molecular complexity index is 278. The van der Waals surface area contributed by atoms with Crippen LogP contribution in [0.2, 0.25) is 0 Å². The third-order valence-electron chi connectivity index (χ3n) is 2.05. The molecule has 1 aromatic heterocycles. The van der Waals surface area contributed by atoms with Gasteiger partial charge in [0.2, 0.25) is 0 Å². The van der Waals surface area contributed by atoms with Crippen LogP contribution in [0.1, 0.15) is 33.1 Å². The highest BCUT2D eigenvalue weighted by molar-refractivity contribution is 14.1. The Labute approximate surface area is 99.2 Å². The molecular formula is C11H16INO. The average molecular weight is 305 g/mol. The second kappa shape index (κ2) is 6.22. The van der Waals surface area contributed by atoms with E-state index in [2.05, 4.69) is 41.4 Å². The Morgan fingerprint density at radius 1 is 1.43 bits per heavy atom. The van der Waals surface area contributed by atoms with E-state index in [9.17, 15) is 0 Å².